The third-order valence-corrected chi connectivity index (χ3v) is 15.8. The Morgan fingerprint density at radius 1 is 0.851 bits per heavy atom. The molecule has 2 heterocycles. The maximum absolute atomic E-state index is 12.2. The van der Waals surface area contributed by atoms with Crippen LogP contribution in [0.5, 0.6) is 0 Å². The highest BCUT2D eigenvalue weighted by Gasteiger charge is 2.85. The molecule has 7 fully saturated rings. The number of rotatable bonds is 5. The lowest BCUT2D eigenvalue weighted by Crippen LogP contribution is -2.63. The second-order valence-corrected chi connectivity index (χ2v) is 18.8. The van der Waals surface area contributed by atoms with E-state index in [4.69, 9.17) is 18.9 Å². The Balaban J connectivity index is 1.15. The highest BCUT2D eigenvalue weighted by molar-refractivity contribution is 5.66. The molecule has 2 saturated heterocycles. The summed E-state index contributed by atoms with van der Waals surface area (Å²) in [5.41, 5.74) is -2.18. The molecule has 2 spiro atoms. The van der Waals surface area contributed by atoms with Crippen LogP contribution in [-0.2, 0) is 23.7 Å². The number of ether oxygens (including phenoxy) is 4. The fraction of sp³-hybridized carbons (Fsp3) is 0.973. The van der Waals surface area contributed by atoms with Crippen LogP contribution < -0.4 is 0 Å². The van der Waals surface area contributed by atoms with E-state index in [0.717, 1.165) is 44.9 Å². The van der Waals surface area contributed by atoms with Crippen LogP contribution in [0, 0.1) is 44.8 Å². The van der Waals surface area contributed by atoms with E-state index in [1.807, 2.05) is 13.8 Å². The van der Waals surface area contributed by atoms with Crippen molar-refractivity contribution in [3.8, 4) is 0 Å². The molecule has 0 amide bonds. The van der Waals surface area contributed by atoms with Gasteiger partial charge in [0, 0.05) is 12.8 Å². The van der Waals surface area contributed by atoms with Crippen LogP contribution in [-0.4, -0.2) is 98.3 Å². The Morgan fingerprint density at radius 2 is 1.55 bits per heavy atom. The van der Waals surface area contributed by atoms with Crippen LogP contribution >= 0.6 is 0 Å². The smallest absolute Gasteiger partial charge is 0.303 e. The van der Waals surface area contributed by atoms with Gasteiger partial charge >= 0.3 is 5.97 Å². The number of hydrogen-bond acceptors (Lipinski definition) is 10. The van der Waals surface area contributed by atoms with E-state index in [1.165, 1.54) is 6.92 Å². The molecule has 0 aromatic heterocycles. The van der Waals surface area contributed by atoms with Gasteiger partial charge in [0.15, 0.2) is 12.4 Å². The van der Waals surface area contributed by atoms with E-state index in [2.05, 4.69) is 34.6 Å². The number of esters is 1. The second-order valence-electron chi connectivity index (χ2n) is 18.8. The summed E-state index contributed by atoms with van der Waals surface area (Å²) in [4.78, 5) is 11.9. The monoisotopic (exact) mass is 664 g/mol. The predicted molar refractivity (Wildman–Crippen MR) is 171 cm³/mol. The third kappa shape index (κ3) is 4.60. The molecule has 2 unspecified atom stereocenters. The predicted octanol–water partition coefficient (Wildman–Crippen LogP) is 3.47. The molecule has 5 saturated carbocycles. The summed E-state index contributed by atoms with van der Waals surface area (Å²) in [7, 11) is 0. The summed E-state index contributed by atoms with van der Waals surface area (Å²) in [6.45, 7) is 16.0. The molecular formula is C37H60O10. The first-order valence-corrected chi connectivity index (χ1v) is 18.2. The summed E-state index contributed by atoms with van der Waals surface area (Å²) in [6.07, 6.45) is 1.48. The number of carbonyl (C=O) groups is 1. The molecule has 7 aliphatic rings. The molecule has 7 rings (SSSR count). The maximum atomic E-state index is 12.2. The van der Waals surface area contributed by atoms with Crippen LogP contribution in [0.1, 0.15) is 113 Å². The van der Waals surface area contributed by atoms with Gasteiger partial charge in [0.05, 0.1) is 42.2 Å². The summed E-state index contributed by atoms with van der Waals surface area (Å²) < 4.78 is 24.4. The summed E-state index contributed by atoms with van der Waals surface area (Å²) >= 11 is 0. The van der Waals surface area contributed by atoms with Gasteiger partial charge in [-0.1, -0.05) is 27.7 Å². The zero-order valence-corrected chi connectivity index (χ0v) is 29.7. The average Bonchev–Trinajstić information content (AvgIpc) is 3.30. The van der Waals surface area contributed by atoms with E-state index in [1.54, 1.807) is 0 Å². The molecule has 0 aromatic carbocycles. The van der Waals surface area contributed by atoms with Crippen molar-refractivity contribution >= 4 is 5.97 Å². The van der Waals surface area contributed by atoms with Crippen LogP contribution in [0.2, 0.25) is 0 Å². The Bertz CT molecular complexity index is 1270. The normalized spacial score (nSPS) is 56.6. The molecule has 47 heavy (non-hydrogen) atoms. The number of fused-ring (bicyclic) bond motifs is 2. The first kappa shape index (κ1) is 34.6. The van der Waals surface area contributed by atoms with Crippen molar-refractivity contribution in [1.82, 2.24) is 0 Å². The average molecular weight is 665 g/mol. The van der Waals surface area contributed by atoms with Crippen molar-refractivity contribution in [3.63, 3.8) is 0 Å². The molecule has 10 nitrogen and oxygen atoms in total. The Kier molecular flexibility index (Phi) is 7.80. The first-order chi connectivity index (χ1) is 21.7. The van der Waals surface area contributed by atoms with Gasteiger partial charge in [-0.2, -0.15) is 0 Å². The number of aliphatic hydroxyl groups is 5. The summed E-state index contributed by atoms with van der Waals surface area (Å²) in [5.74, 6) is -0.368. The van der Waals surface area contributed by atoms with Gasteiger partial charge in [-0.25, -0.2) is 0 Å². The second kappa shape index (κ2) is 10.6. The molecular weight excluding hydrogens is 604 g/mol. The Hall–Kier alpha value is -0.850. The van der Waals surface area contributed by atoms with Crippen molar-refractivity contribution in [1.29, 1.82) is 0 Å². The molecule has 2 aliphatic heterocycles. The molecule has 268 valence electrons. The van der Waals surface area contributed by atoms with Crippen molar-refractivity contribution in [2.75, 3.05) is 6.61 Å². The SMILES string of the molecule is CC(=O)O[C@H]1[C@H](O[C@H]2CC[C@]34C[C@]35CC[C@]3(C)C([C@@]6(C)CC[C@@H](C(C)(C)O)O6)[C@@H](O)C[C@@]3(C)[C@@H]5C[C@H](O)C4C2(C)C)OC[C@@H](O)[C@@H]1O. The van der Waals surface area contributed by atoms with Crippen molar-refractivity contribution in [2.24, 2.45) is 44.8 Å². The van der Waals surface area contributed by atoms with E-state index >= 15 is 0 Å². The standard InChI is InChI=1S/C37H60O10/c1-19(38)45-27-26(42)22(41)17-44-30(27)46-24-10-12-37-18-36(37)14-13-33(6)29(35(8)11-9-25(47-35)32(4,5)43)21(40)16-34(33,7)23(36)15-20(39)28(37)31(24,2)3/h20-30,39-43H,9-18H2,1-8H3/t20-,21-,22+,23-,24-,25-,26-,27+,28?,29?,30-,33+,34-,35+,36-,37+/m0/s1. The molecule has 10 heteroatoms. The van der Waals surface area contributed by atoms with Gasteiger partial charge in [-0.05, 0) is 117 Å². The highest BCUT2D eigenvalue weighted by atomic mass is 16.7. The third-order valence-electron chi connectivity index (χ3n) is 15.8. The Morgan fingerprint density at radius 3 is 2.19 bits per heavy atom. The van der Waals surface area contributed by atoms with Gasteiger partial charge in [0.25, 0.3) is 0 Å². The lowest BCUT2D eigenvalue weighted by atomic mass is 9.41. The van der Waals surface area contributed by atoms with Gasteiger partial charge < -0.3 is 44.5 Å². The number of aliphatic hydroxyl groups excluding tert-OH is 4. The molecule has 5 aliphatic carbocycles. The number of hydrogen-bond donors (Lipinski definition) is 5. The minimum absolute atomic E-state index is 0.00501. The Labute approximate surface area is 279 Å². The summed E-state index contributed by atoms with van der Waals surface area (Å²) in [5, 5.41) is 55.8. The van der Waals surface area contributed by atoms with Crippen molar-refractivity contribution < 1.29 is 49.3 Å². The zero-order chi connectivity index (χ0) is 34.3. The van der Waals surface area contributed by atoms with E-state index in [0.29, 0.717) is 12.8 Å². The lowest BCUT2D eigenvalue weighted by molar-refractivity contribution is -0.309. The van der Waals surface area contributed by atoms with Gasteiger partial charge in [-0.3, -0.25) is 4.79 Å². The molecule has 0 radical (unpaired) electrons. The van der Waals surface area contributed by atoms with Crippen LogP contribution in [0.25, 0.3) is 0 Å². The minimum Gasteiger partial charge on any atom is -0.454 e. The van der Waals surface area contributed by atoms with Gasteiger partial charge in [-0.15, -0.1) is 0 Å². The van der Waals surface area contributed by atoms with Crippen LogP contribution in [0.4, 0.5) is 0 Å². The van der Waals surface area contributed by atoms with Gasteiger partial charge in [0.2, 0.25) is 0 Å². The van der Waals surface area contributed by atoms with E-state index in [9.17, 15) is 30.3 Å². The number of carbonyl (C=O) groups excluding carboxylic acids is 1. The molecule has 5 N–H and O–H groups in total. The molecule has 0 aromatic rings. The zero-order valence-electron chi connectivity index (χ0n) is 29.7. The fourth-order valence-electron chi connectivity index (χ4n) is 13.7. The van der Waals surface area contributed by atoms with Crippen molar-refractivity contribution in [2.45, 2.75) is 173 Å². The lowest BCUT2D eigenvalue weighted by Gasteiger charge is -2.64. The van der Waals surface area contributed by atoms with Crippen LogP contribution in [0.15, 0.2) is 0 Å². The summed E-state index contributed by atoms with van der Waals surface area (Å²) in [6, 6.07) is 0. The van der Waals surface area contributed by atoms with Gasteiger partial charge in [0.1, 0.15) is 12.2 Å². The topological polar surface area (TPSA) is 155 Å². The minimum atomic E-state index is -1.32. The first-order valence-electron chi connectivity index (χ1n) is 18.2. The quantitative estimate of drug-likeness (QED) is 0.218. The fourth-order valence-corrected chi connectivity index (χ4v) is 13.7. The largest absolute Gasteiger partial charge is 0.454 e. The van der Waals surface area contributed by atoms with E-state index in [-0.39, 0.29) is 58.2 Å². The maximum Gasteiger partial charge on any atom is 0.303 e. The van der Waals surface area contributed by atoms with E-state index < -0.39 is 59.4 Å². The van der Waals surface area contributed by atoms with Crippen LogP contribution in [0.3, 0.4) is 0 Å². The van der Waals surface area contributed by atoms with Crippen molar-refractivity contribution in [3.05, 3.63) is 0 Å². The molecule has 16 atom stereocenters. The highest BCUT2D eigenvalue weighted by Crippen LogP contribution is 2.89. The molecule has 0 bridgehead atoms.